The molecule has 0 unspecified atom stereocenters. The number of carbonyl (C=O) groups is 1. The summed E-state index contributed by atoms with van der Waals surface area (Å²) in [5.74, 6) is 0.693. The highest BCUT2D eigenvalue weighted by Crippen LogP contribution is 2.26. The van der Waals surface area contributed by atoms with Crippen molar-refractivity contribution < 1.29 is 4.79 Å². The van der Waals surface area contributed by atoms with Gasteiger partial charge in [0.15, 0.2) is 0 Å². The van der Waals surface area contributed by atoms with Crippen molar-refractivity contribution in [3.8, 4) is 0 Å². The third-order valence-electron chi connectivity index (χ3n) is 3.73. The Bertz CT molecular complexity index is 680. The number of aryl methyl sites for hydroxylation is 1. The zero-order valence-corrected chi connectivity index (χ0v) is 12.9. The van der Waals surface area contributed by atoms with Crippen LogP contribution >= 0.6 is 0 Å². The van der Waals surface area contributed by atoms with Gasteiger partial charge >= 0.3 is 0 Å². The summed E-state index contributed by atoms with van der Waals surface area (Å²) < 4.78 is 0. The Labute approximate surface area is 130 Å². The number of amides is 1. The molecule has 2 aromatic rings. The number of pyridine rings is 1. The summed E-state index contributed by atoms with van der Waals surface area (Å²) in [7, 11) is 3.46. The largest absolute Gasteiger partial charge is 0.385 e. The molecule has 2 heterocycles. The lowest BCUT2D eigenvalue weighted by molar-refractivity contribution is 0.0827. The van der Waals surface area contributed by atoms with E-state index in [-0.39, 0.29) is 5.91 Å². The first-order valence-corrected chi connectivity index (χ1v) is 7.45. The van der Waals surface area contributed by atoms with Crippen LogP contribution in [0.25, 0.3) is 0 Å². The Morgan fingerprint density at radius 3 is 2.86 bits per heavy atom. The molecule has 3 rings (SSSR count). The number of rotatable bonds is 3. The second-order valence-electron chi connectivity index (χ2n) is 5.66. The summed E-state index contributed by atoms with van der Waals surface area (Å²) in [6.07, 6.45) is 3.86. The number of anilines is 3. The molecule has 114 valence electrons. The molecule has 0 aliphatic carbocycles. The summed E-state index contributed by atoms with van der Waals surface area (Å²) in [5.41, 5.74) is 4.15. The average Bonchev–Trinajstić information content (AvgIpc) is 2.55. The van der Waals surface area contributed by atoms with Gasteiger partial charge in [-0.25, -0.2) is 4.98 Å². The van der Waals surface area contributed by atoms with E-state index in [2.05, 4.69) is 27.8 Å². The van der Waals surface area contributed by atoms with E-state index in [1.807, 2.05) is 12.1 Å². The standard InChI is InChI=1S/C17H20N4O/c1-21(2)17(22)13-5-8-16(19-11-13)20-14-6-7-15-12(10-14)4-3-9-18-15/h5-8,10-11,18H,3-4,9H2,1-2H3,(H,19,20). The van der Waals surface area contributed by atoms with Crippen molar-refractivity contribution in [2.75, 3.05) is 31.3 Å². The summed E-state index contributed by atoms with van der Waals surface area (Å²) in [4.78, 5) is 17.7. The summed E-state index contributed by atoms with van der Waals surface area (Å²) >= 11 is 0. The zero-order valence-electron chi connectivity index (χ0n) is 12.9. The number of carbonyl (C=O) groups excluding carboxylic acids is 1. The van der Waals surface area contributed by atoms with Crippen LogP contribution in [0, 0.1) is 0 Å². The third kappa shape index (κ3) is 3.03. The van der Waals surface area contributed by atoms with Crippen molar-refractivity contribution >= 4 is 23.1 Å². The Morgan fingerprint density at radius 2 is 2.14 bits per heavy atom. The van der Waals surface area contributed by atoms with Gasteiger partial charge in [0.1, 0.15) is 5.82 Å². The van der Waals surface area contributed by atoms with Gasteiger partial charge in [-0.2, -0.15) is 0 Å². The molecule has 0 spiro atoms. The fourth-order valence-corrected chi connectivity index (χ4v) is 2.55. The van der Waals surface area contributed by atoms with Gasteiger partial charge in [-0.3, -0.25) is 4.79 Å². The molecule has 1 aliphatic rings. The normalized spacial score (nSPS) is 13.0. The lowest BCUT2D eigenvalue weighted by Crippen LogP contribution is -2.21. The molecule has 1 aromatic carbocycles. The number of benzene rings is 1. The number of hydrogen-bond donors (Lipinski definition) is 2. The fourth-order valence-electron chi connectivity index (χ4n) is 2.55. The van der Waals surface area contributed by atoms with E-state index in [1.165, 1.54) is 11.3 Å². The molecule has 0 bridgehead atoms. The lowest BCUT2D eigenvalue weighted by atomic mass is 10.0. The van der Waals surface area contributed by atoms with Crippen molar-refractivity contribution in [1.82, 2.24) is 9.88 Å². The topological polar surface area (TPSA) is 57.3 Å². The molecule has 22 heavy (non-hydrogen) atoms. The minimum Gasteiger partial charge on any atom is -0.385 e. The number of nitrogens with zero attached hydrogens (tertiary/aromatic N) is 2. The molecule has 0 saturated carbocycles. The van der Waals surface area contributed by atoms with Crippen molar-refractivity contribution in [2.45, 2.75) is 12.8 Å². The molecule has 1 aliphatic heterocycles. The summed E-state index contributed by atoms with van der Waals surface area (Å²) in [5, 5.41) is 6.68. The minimum absolute atomic E-state index is 0.0427. The molecule has 0 radical (unpaired) electrons. The molecule has 1 aromatic heterocycles. The number of nitrogens with one attached hydrogen (secondary N) is 2. The van der Waals surface area contributed by atoms with Gasteiger partial charge in [-0.1, -0.05) is 0 Å². The molecule has 0 atom stereocenters. The highest BCUT2D eigenvalue weighted by Gasteiger charge is 2.10. The van der Waals surface area contributed by atoms with Crippen LogP contribution < -0.4 is 10.6 Å². The fraction of sp³-hybridized carbons (Fsp3) is 0.294. The van der Waals surface area contributed by atoms with E-state index >= 15 is 0 Å². The minimum atomic E-state index is -0.0427. The maximum atomic E-state index is 11.8. The third-order valence-corrected chi connectivity index (χ3v) is 3.73. The Morgan fingerprint density at radius 1 is 1.27 bits per heavy atom. The maximum Gasteiger partial charge on any atom is 0.254 e. The first-order chi connectivity index (χ1) is 10.6. The molecular formula is C17H20N4O. The second-order valence-corrected chi connectivity index (χ2v) is 5.66. The van der Waals surface area contributed by atoms with Gasteiger partial charge in [0.05, 0.1) is 5.56 Å². The predicted molar refractivity (Wildman–Crippen MR) is 88.8 cm³/mol. The van der Waals surface area contributed by atoms with Crippen LogP contribution in [0.1, 0.15) is 22.3 Å². The van der Waals surface area contributed by atoms with Crippen LogP contribution in [0.2, 0.25) is 0 Å². The van der Waals surface area contributed by atoms with E-state index in [4.69, 9.17) is 0 Å². The number of aromatic nitrogens is 1. The van der Waals surface area contributed by atoms with Gasteiger partial charge in [0.25, 0.3) is 5.91 Å². The maximum absolute atomic E-state index is 11.8. The number of hydrogen-bond acceptors (Lipinski definition) is 4. The monoisotopic (exact) mass is 296 g/mol. The molecule has 0 fully saturated rings. The zero-order chi connectivity index (χ0) is 15.5. The molecule has 5 heteroatoms. The molecule has 2 N–H and O–H groups in total. The summed E-state index contributed by atoms with van der Waals surface area (Å²) in [6.45, 7) is 1.04. The second kappa shape index (κ2) is 6.05. The highest BCUT2D eigenvalue weighted by molar-refractivity contribution is 5.93. The van der Waals surface area contributed by atoms with Crippen molar-refractivity contribution in [3.63, 3.8) is 0 Å². The van der Waals surface area contributed by atoms with E-state index in [0.717, 1.165) is 30.9 Å². The van der Waals surface area contributed by atoms with E-state index in [1.54, 1.807) is 31.3 Å². The predicted octanol–water partition coefficient (Wildman–Crippen LogP) is 2.89. The molecular weight excluding hydrogens is 276 g/mol. The van der Waals surface area contributed by atoms with Gasteiger partial charge < -0.3 is 15.5 Å². The van der Waals surface area contributed by atoms with Crippen molar-refractivity contribution in [3.05, 3.63) is 47.7 Å². The lowest BCUT2D eigenvalue weighted by Gasteiger charge is -2.19. The summed E-state index contributed by atoms with van der Waals surface area (Å²) in [6, 6.07) is 9.91. The van der Waals surface area contributed by atoms with Crippen molar-refractivity contribution in [1.29, 1.82) is 0 Å². The van der Waals surface area contributed by atoms with E-state index in [0.29, 0.717) is 5.56 Å². The molecule has 1 amide bonds. The Balaban J connectivity index is 1.74. The van der Waals surface area contributed by atoms with Gasteiger partial charge in [0, 0.05) is 38.2 Å². The Kier molecular flexibility index (Phi) is 3.96. The van der Waals surface area contributed by atoms with E-state index in [9.17, 15) is 4.79 Å². The van der Waals surface area contributed by atoms with E-state index < -0.39 is 0 Å². The molecule has 5 nitrogen and oxygen atoms in total. The van der Waals surface area contributed by atoms with Crippen LogP contribution in [0.3, 0.4) is 0 Å². The van der Waals surface area contributed by atoms with Gasteiger partial charge in [-0.05, 0) is 48.7 Å². The quantitative estimate of drug-likeness (QED) is 0.914. The average molecular weight is 296 g/mol. The van der Waals surface area contributed by atoms with Crippen LogP contribution in [0.4, 0.5) is 17.2 Å². The first-order valence-electron chi connectivity index (χ1n) is 7.45. The van der Waals surface area contributed by atoms with Gasteiger partial charge in [0.2, 0.25) is 0 Å². The van der Waals surface area contributed by atoms with Crippen LogP contribution in [0.5, 0.6) is 0 Å². The first kappa shape index (κ1) is 14.4. The number of fused-ring (bicyclic) bond motifs is 1. The highest BCUT2D eigenvalue weighted by atomic mass is 16.2. The van der Waals surface area contributed by atoms with Crippen LogP contribution in [-0.2, 0) is 6.42 Å². The Hall–Kier alpha value is -2.56. The SMILES string of the molecule is CN(C)C(=O)c1ccc(Nc2ccc3c(c2)CCCN3)nc1. The smallest absolute Gasteiger partial charge is 0.254 e. The van der Waals surface area contributed by atoms with Crippen molar-refractivity contribution in [2.24, 2.45) is 0 Å². The van der Waals surface area contributed by atoms with Crippen LogP contribution in [0.15, 0.2) is 36.5 Å². The van der Waals surface area contributed by atoms with Gasteiger partial charge in [-0.15, -0.1) is 0 Å². The molecule has 0 saturated heterocycles. The van der Waals surface area contributed by atoms with Crippen LogP contribution in [-0.4, -0.2) is 36.4 Å².